The highest BCUT2D eigenvalue weighted by atomic mass is 79.9. The SMILES string of the molecule is Cc1ccc2cc(CBr)ccc2c1.c1ccc([PH+](c2ccccc2)c2ccccc2)cc1. The Bertz CT molecular complexity index is 1160. The van der Waals surface area contributed by atoms with Crippen molar-refractivity contribution in [2.45, 2.75) is 12.3 Å². The lowest BCUT2D eigenvalue weighted by atomic mass is 10.1. The molecule has 0 nitrogen and oxygen atoms in total. The van der Waals surface area contributed by atoms with E-state index >= 15 is 0 Å². The third-order valence-electron chi connectivity index (χ3n) is 5.40. The molecule has 5 aromatic carbocycles. The Hall–Kier alpha value is -2.73. The van der Waals surface area contributed by atoms with Gasteiger partial charge in [0.2, 0.25) is 0 Å². The first-order chi connectivity index (χ1) is 15.7. The van der Waals surface area contributed by atoms with E-state index < -0.39 is 7.92 Å². The zero-order valence-electron chi connectivity index (χ0n) is 18.2. The van der Waals surface area contributed by atoms with Crippen LogP contribution in [0.25, 0.3) is 10.8 Å². The normalized spacial score (nSPS) is 10.6. The minimum atomic E-state index is -0.877. The van der Waals surface area contributed by atoms with Crippen molar-refractivity contribution < 1.29 is 0 Å². The van der Waals surface area contributed by atoms with Crippen LogP contribution in [0.3, 0.4) is 0 Å². The van der Waals surface area contributed by atoms with Gasteiger partial charge in [0.05, 0.1) is 7.92 Å². The molecule has 32 heavy (non-hydrogen) atoms. The Morgan fingerprint density at radius 3 is 1.44 bits per heavy atom. The molecule has 0 bridgehead atoms. The summed E-state index contributed by atoms with van der Waals surface area (Å²) < 4.78 is 0. The molecule has 0 amide bonds. The van der Waals surface area contributed by atoms with Crippen LogP contribution in [0.15, 0.2) is 127 Å². The molecule has 0 radical (unpaired) electrons. The Morgan fingerprint density at radius 1 is 0.531 bits per heavy atom. The molecule has 0 saturated carbocycles. The Morgan fingerprint density at radius 2 is 0.969 bits per heavy atom. The maximum absolute atomic E-state index is 3.46. The van der Waals surface area contributed by atoms with Crippen LogP contribution in [0, 0.1) is 6.92 Å². The van der Waals surface area contributed by atoms with Gasteiger partial charge < -0.3 is 0 Å². The third kappa shape index (κ3) is 5.74. The van der Waals surface area contributed by atoms with Gasteiger partial charge >= 0.3 is 0 Å². The van der Waals surface area contributed by atoms with E-state index in [0.29, 0.717) is 0 Å². The summed E-state index contributed by atoms with van der Waals surface area (Å²) in [6.07, 6.45) is 0. The molecule has 0 spiro atoms. The first-order valence-corrected chi connectivity index (χ1v) is 13.5. The average molecular weight is 498 g/mol. The van der Waals surface area contributed by atoms with Gasteiger partial charge in [-0.3, -0.25) is 0 Å². The Labute approximate surface area is 200 Å². The van der Waals surface area contributed by atoms with Crippen LogP contribution in [0.1, 0.15) is 11.1 Å². The van der Waals surface area contributed by atoms with Gasteiger partial charge in [0.25, 0.3) is 0 Å². The van der Waals surface area contributed by atoms with E-state index in [0.717, 1.165) is 5.33 Å². The predicted molar refractivity (Wildman–Crippen MR) is 148 cm³/mol. The summed E-state index contributed by atoms with van der Waals surface area (Å²) >= 11 is 3.46. The van der Waals surface area contributed by atoms with Crippen LogP contribution in [-0.2, 0) is 5.33 Å². The highest BCUT2D eigenvalue weighted by Gasteiger charge is 2.24. The molecule has 0 unspecified atom stereocenters. The van der Waals surface area contributed by atoms with E-state index in [2.05, 4.69) is 150 Å². The van der Waals surface area contributed by atoms with Gasteiger partial charge in [-0.15, -0.1) is 0 Å². The van der Waals surface area contributed by atoms with Crippen LogP contribution in [0.5, 0.6) is 0 Å². The molecular formula is C30H27BrP+. The lowest BCUT2D eigenvalue weighted by molar-refractivity contribution is 1.45. The van der Waals surface area contributed by atoms with Crippen LogP contribution in [-0.4, -0.2) is 0 Å². The van der Waals surface area contributed by atoms with Crippen molar-refractivity contribution >= 4 is 50.5 Å². The standard InChI is InChI=1S/C18H15P.C12H11Br/c1-4-10-16(11-5-1)19(17-12-6-2-7-13-17)18-14-8-3-9-15-18;1-9-2-4-12-7-10(8-13)3-5-11(12)6-9/h1-15H;2-7H,8H2,1H3/p+1. The molecule has 0 fully saturated rings. The lowest BCUT2D eigenvalue weighted by Gasteiger charge is -2.10. The summed E-state index contributed by atoms with van der Waals surface area (Å²) in [6.45, 7) is 2.12. The van der Waals surface area contributed by atoms with E-state index in [9.17, 15) is 0 Å². The van der Waals surface area contributed by atoms with Gasteiger partial charge in [-0.2, -0.15) is 0 Å². The Kier molecular flexibility index (Phi) is 7.88. The van der Waals surface area contributed by atoms with Crippen molar-refractivity contribution in [1.82, 2.24) is 0 Å². The number of halogens is 1. The maximum atomic E-state index is 3.46. The molecule has 0 saturated heterocycles. The monoisotopic (exact) mass is 497 g/mol. The van der Waals surface area contributed by atoms with Gasteiger partial charge in [0.15, 0.2) is 0 Å². The number of benzene rings is 5. The van der Waals surface area contributed by atoms with Crippen molar-refractivity contribution in [2.24, 2.45) is 0 Å². The summed E-state index contributed by atoms with van der Waals surface area (Å²) in [4.78, 5) is 0. The molecule has 0 atom stereocenters. The fraction of sp³-hybridized carbons (Fsp3) is 0.0667. The van der Waals surface area contributed by atoms with E-state index in [1.54, 1.807) is 0 Å². The molecule has 2 heteroatoms. The lowest BCUT2D eigenvalue weighted by Crippen LogP contribution is -2.20. The molecule has 0 N–H and O–H groups in total. The zero-order chi connectivity index (χ0) is 22.2. The average Bonchev–Trinajstić information content (AvgIpc) is 2.86. The molecule has 0 aliphatic heterocycles. The van der Waals surface area contributed by atoms with Gasteiger partial charge in [-0.1, -0.05) is 112 Å². The van der Waals surface area contributed by atoms with E-state index in [4.69, 9.17) is 0 Å². The largest absolute Gasteiger partial charge is 0.102 e. The van der Waals surface area contributed by atoms with Gasteiger partial charge in [0.1, 0.15) is 15.9 Å². The minimum absolute atomic E-state index is 0.877. The summed E-state index contributed by atoms with van der Waals surface area (Å²) in [5, 5.41) is 7.88. The second-order valence-electron chi connectivity index (χ2n) is 7.79. The number of hydrogen-bond donors (Lipinski definition) is 0. The van der Waals surface area contributed by atoms with Crippen molar-refractivity contribution in [3.63, 3.8) is 0 Å². The van der Waals surface area contributed by atoms with Gasteiger partial charge in [-0.25, -0.2) is 0 Å². The second kappa shape index (κ2) is 11.2. The number of fused-ring (bicyclic) bond motifs is 1. The quantitative estimate of drug-likeness (QED) is 0.181. The van der Waals surface area contributed by atoms with Crippen LogP contribution >= 0.6 is 23.9 Å². The first-order valence-electron chi connectivity index (χ1n) is 10.8. The topological polar surface area (TPSA) is 0 Å². The van der Waals surface area contributed by atoms with E-state index in [1.807, 2.05) is 0 Å². The van der Waals surface area contributed by atoms with Crippen LogP contribution in [0.4, 0.5) is 0 Å². The minimum Gasteiger partial charge on any atom is -0.0876 e. The van der Waals surface area contributed by atoms with Crippen LogP contribution in [0.2, 0.25) is 0 Å². The molecule has 158 valence electrons. The van der Waals surface area contributed by atoms with Gasteiger partial charge in [-0.05, 0) is 59.7 Å². The summed E-state index contributed by atoms with van der Waals surface area (Å²) in [7, 11) is -0.877. The molecule has 0 aliphatic carbocycles. The summed E-state index contributed by atoms with van der Waals surface area (Å²) in [5.74, 6) is 0. The fourth-order valence-corrected chi connectivity index (χ4v) is 6.74. The fourth-order valence-electron chi connectivity index (χ4n) is 3.81. The highest BCUT2D eigenvalue weighted by Crippen LogP contribution is 2.32. The van der Waals surface area contributed by atoms with Crippen molar-refractivity contribution in [3.05, 3.63) is 139 Å². The van der Waals surface area contributed by atoms with Crippen molar-refractivity contribution in [1.29, 1.82) is 0 Å². The molecule has 5 aromatic rings. The first kappa shape index (κ1) is 22.5. The van der Waals surface area contributed by atoms with E-state index in [1.165, 1.54) is 37.8 Å². The molecular weight excluding hydrogens is 471 g/mol. The van der Waals surface area contributed by atoms with Crippen molar-refractivity contribution in [3.8, 4) is 0 Å². The second-order valence-corrected chi connectivity index (χ2v) is 10.8. The zero-order valence-corrected chi connectivity index (χ0v) is 20.8. The third-order valence-corrected chi connectivity index (χ3v) is 8.78. The molecule has 0 aromatic heterocycles. The summed E-state index contributed by atoms with van der Waals surface area (Å²) in [6, 6.07) is 45.6. The maximum Gasteiger partial charge on any atom is 0.102 e. The molecule has 5 rings (SSSR count). The molecule has 0 heterocycles. The number of hydrogen-bond acceptors (Lipinski definition) is 0. The predicted octanol–water partition coefficient (Wildman–Crippen LogP) is 7.22. The Balaban J connectivity index is 0.000000165. The number of aryl methyl sites for hydroxylation is 1. The van der Waals surface area contributed by atoms with E-state index in [-0.39, 0.29) is 0 Å². The highest BCUT2D eigenvalue weighted by molar-refractivity contribution is 9.08. The number of rotatable bonds is 4. The van der Waals surface area contributed by atoms with Crippen molar-refractivity contribution in [2.75, 3.05) is 0 Å². The smallest absolute Gasteiger partial charge is 0.0876 e. The number of alkyl halides is 1. The van der Waals surface area contributed by atoms with Crippen LogP contribution < -0.4 is 15.9 Å². The summed E-state index contributed by atoms with van der Waals surface area (Å²) in [5.41, 5.74) is 2.65. The molecule has 0 aliphatic rings. The van der Waals surface area contributed by atoms with Gasteiger partial charge in [0, 0.05) is 5.33 Å².